The van der Waals surface area contributed by atoms with E-state index in [9.17, 15) is 9.59 Å². The summed E-state index contributed by atoms with van der Waals surface area (Å²) in [5.41, 5.74) is 0. The molecule has 1 aliphatic rings. The van der Waals surface area contributed by atoms with E-state index < -0.39 is 0 Å². The Morgan fingerprint density at radius 1 is 1.56 bits per heavy atom. The van der Waals surface area contributed by atoms with Crippen molar-refractivity contribution in [3.63, 3.8) is 0 Å². The Morgan fingerprint density at radius 3 is 2.67 bits per heavy atom. The molecule has 1 fully saturated rings. The number of rotatable bonds is 0. The number of carbonyl (C=O) groups excluding carboxylic acids is 2. The summed E-state index contributed by atoms with van der Waals surface area (Å²) >= 11 is 0. The van der Waals surface area contributed by atoms with E-state index in [0.29, 0.717) is 13.0 Å². The third-order valence-electron chi connectivity index (χ3n) is 1.27. The Bertz CT molecular complexity index is 159. The fourth-order valence-corrected chi connectivity index (χ4v) is 0.648. The molecule has 1 aliphatic heterocycles. The molecular formula is C4H7BN2O2. The van der Waals surface area contributed by atoms with Crippen LogP contribution in [0.5, 0.6) is 0 Å². The van der Waals surface area contributed by atoms with Crippen LogP contribution in [0.25, 0.3) is 0 Å². The molecule has 3 amide bonds. The summed E-state index contributed by atoms with van der Waals surface area (Å²) in [5, 5.41) is 2.18. The van der Waals surface area contributed by atoms with Gasteiger partial charge in [-0.3, -0.25) is 10.1 Å². The second kappa shape index (κ2) is 2.09. The summed E-state index contributed by atoms with van der Waals surface area (Å²) < 4.78 is 0. The molecule has 1 saturated heterocycles. The Balaban J connectivity index is 2.54. The molecule has 0 aromatic rings. The zero-order chi connectivity index (χ0) is 6.85. The highest BCUT2D eigenvalue weighted by Crippen LogP contribution is 1.94. The molecule has 1 N–H and O–H groups in total. The highest BCUT2D eigenvalue weighted by molar-refractivity contribution is 6.17. The number of hydrogen-bond donors (Lipinski definition) is 1. The SMILES string of the molecule is BN1CCC(=O)NC1=O. The van der Waals surface area contributed by atoms with Crippen molar-refractivity contribution in [3.05, 3.63) is 0 Å². The molecule has 0 aliphatic carbocycles. The average molecular weight is 126 g/mol. The third-order valence-corrected chi connectivity index (χ3v) is 1.27. The second-order valence-electron chi connectivity index (χ2n) is 2.02. The van der Waals surface area contributed by atoms with Gasteiger partial charge in [0.25, 0.3) is 0 Å². The summed E-state index contributed by atoms with van der Waals surface area (Å²) in [7, 11) is 1.65. The minimum Gasteiger partial charge on any atom is -0.375 e. The molecule has 0 aromatic heterocycles. The van der Waals surface area contributed by atoms with Gasteiger partial charge in [-0.1, -0.05) is 0 Å². The molecule has 0 aromatic carbocycles. The van der Waals surface area contributed by atoms with Gasteiger partial charge < -0.3 is 4.81 Å². The molecule has 0 radical (unpaired) electrons. The lowest BCUT2D eigenvalue weighted by molar-refractivity contribution is -0.121. The third kappa shape index (κ3) is 1.22. The first kappa shape index (κ1) is 6.13. The van der Waals surface area contributed by atoms with Crippen LogP contribution < -0.4 is 5.32 Å². The Kier molecular flexibility index (Phi) is 1.42. The molecule has 48 valence electrons. The van der Waals surface area contributed by atoms with Gasteiger partial charge in [0.1, 0.15) is 0 Å². The number of amides is 3. The predicted octanol–water partition coefficient (Wildman–Crippen LogP) is -1.52. The van der Waals surface area contributed by atoms with E-state index in [1.807, 2.05) is 0 Å². The quantitative estimate of drug-likeness (QED) is 0.400. The van der Waals surface area contributed by atoms with E-state index >= 15 is 0 Å². The Labute approximate surface area is 53.6 Å². The number of nitrogens with zero attached hydrogens (tertiary/aromatic N) is 1. The molecule has 9 heavy (non-hydrogen) atoms. The van der Waals surface area contributed by atoms with E-state index in [4.69, 9.17) is 0 Å². The van der Waals surface area contributed by atoms with E-state index in [1.165, 1.54) is 4.81 Å². The molecule has 0 spiro atoms. The fourth-order valence-electron chi connectivity index (χ4n) is 0.648. The molecule has 5 heteroatoms. The van der Waals surface area contributed by atoms with E-state index in [-0.39, 0.29) is 11.9 Å². The minimum atomic E-state index is -0.300. The summed E-state index contributed by atoms with van der Waals surface area (Å²) in [5.74, 6) is -0.182. The molecule has 1 heterocycles. The van der Waals surface area contributed by atoms with Crippen molar-refractivity contribution in [3.8, 4) is 0 Å². The number of carbonyl (C=O) groups is 2. The number of urea groups is 1. The Hall–Kier alpha value is -0.995. The van der Waals surface area contributed by atoms with Crippen LogP contribution in [0, 0.1) is 0 Å². The molecule has 4 nitrogen and oxygen atoms in total. The lowest BCUT2D eigenvalue weighted by Crippen LogP contribution is -2.48. The van der Waals surface area contributed by atoms with E-state index in [1.54, 1.807) is 7.98 Å². The van der Waals surface area contributed by atoms with Crippen molar-refractivity contribution in [2.24, 2.45) is 0 Å². The lowest BCUT2D eigenvalue weighted by atomic mass is 10.2. The lowest BCUT2D eigenvalue weighted by Gasteiger charge is -2.21. The van der Waals surface area contributed by atoms with Crippen molar-refractivity contribution in [1.82, 2.24) is 10.1 Å². The van der Waals surface area contributed by atoms with Crippen LogP contribution in [-0.2, 0) is 4.79 Å². The monoisotopic (exact) mass is 126 g/mol. The normalized spacial score (nSPS) is 19.8. The van der Waals surface area contributed by atoms with Crippen molar-refractivity contribution in [2.45, 2.75) is 6.42 Å². The second-order valence-corrected chi connectivity index (χ2v) is 2.02. The van der Waals surface area contributed by atoms with Crippen molar-refractivity contribution < 1.29 is 9.59 Å². The van der Waals surface area contributed by atoms with Gasteiger partial charge in [0.15, 0.2) is 0 Å². The van der Waals surface area contributed by atoms with Crippen LogP contribution >= 0.6 is 0 Å². The van der Waals surface area contributed by atoms with E-state index in [2.05, 4.69) is 5.32 Å². The van der Waals surface area contributed by atoms with Crippen molar-refractivity contribution in [2.75, 3.05) is 6.54 Å². The van der Waals surface area contributed by atoms with Gasteiger partial charge >= 0.3 is 6.03 Å². The summed E-state index contributed by atoms with van der Waals surface area (Å²) in [6.45, 7) is 0.532. The molecule has 0 unspecified atom stereocenters. The van der Waals surface area contributed by atoms with Crippen LogP contribution in [0.2, 0.25) is 0 Å². The first-order chi connectivity index (χ1) is 4.20. The summed E-state index contributed by atoms with van der Waals surface area (Å²) in [6.07, 6.45) is 0.419. The summed E-state index contributed by atoms with van der Waals surface area (Å²) in [6, 6.07) is -0.300. The Morgan fingerprint density at radius 2 is 2.22 bits per heavy atom. The molecule has 0 saturated carbocycles. The van der Waals surface area contributed by atoms with Gasteiger partial charge in [-0.05, 0) is 0 Å². The van der Waals surface area contributed by atoms with Crippen molar-refractivity contribution in [1.29, 1.82) is 0 Å². The van der Waals surface area contributed by atoms with Crippen LogP contribution in [0.1, 0.15) is 6.42 Å². The minimum absolute atomic E-state index is 0.182. The maximum absolute atomic E-state index is 10.6. The number of nitrogens with one attached hydrogen (secondary N) is 1. The zero-order valence-corrected chi connectivity index (χ0v) is 5.18. The summed E-state index contributed by atoms with van der Waals surface area (Å²) in [4.78, 5) is 22.5. The maximum atomic E-state index is 10.6. The van der Waals surface area contributed by atoms with Crippen molar-refractivity contribution >= 4 is 19.9 Å². The van der Waals surface area contributed by atoms with Gasteiger partial charge in [0.05, 0.1) is 0 Å². The predicted molar refractivity (Wildman–Crippen MR) is 33.4 cm³/mol. The highest BCUT2D eigenvalue weighted by Gasteiger charge is 2.17. The molecular weight excluding hydrogens is 119 g/mol. The van der Waals surface area contributed by atoms with Gasteiger partial charge in [-0.15, -0.1) is 0 Å². The largest absolute Gasteiger partial charge is 0.375 e. The van der Waals surface area contributed by atoms with Crippen LogP contribution in [0.3, 0.4) is 0 Å². The van der Waals surface area contributed by atoms with Gasteiger partial charge in [-0.25, -0.2) is 4.79 Å². The fraction of sp³-hybridized carbons (Fsp3) is 0.500. The number of imide groups is 1. The molecule has 1 rings (SSSR count). The van der Waals surface area contributed by atoms with E-state index in [0.717, 1.165) is 0 Å². The maximum Gasteiger partial charge on any atom is 0.311 e. The highest BCUT2D eigenvalue weighted by atomic mass is 16.2. The van der Waals surface area contributed by atoms with Crippen LogP contribution in [-0.4, -0.2) is 31.3 Å². The smallest absolute Gasteiger partial charge is 0.311 e. The first-order valence-electron chi connectivity index (χ1n) is 2.75. The molecule has 0 atom stereocenters. The van der Waals surface area contributed by atoms with Crippen LogP contribution in [0.15, 0.2) is 0 Å². The average Bonchev–Trinajstić information content (AvgIpc) is 1.80. The number of hydrogen-bond acceptors (Lipinski definition) is 2. The topological polar surface area (TPSA) is 49.4 Å². The van der Waals surface area contributed by atoms with Gasteiger partial charge in [-0.2, -0.15) is 0 Å². The van der Waals surface area contributed by atoms with Crippen LogP contribution in [0.4, 0.5) is 4.79 Å². The standard InChI is InChI=1S/C4H7BN2O2/c5-7-2-1-3(8)6-4(7)9/h1-2,5H2,(H,6,8,9). The first-order valence-corrected chi connectivity index (χ1v) is 2.75. The molecule has 0 bridgehead atoms. The zero-order valence-electron chi connectivity index (χ0n) is 5.18. The van der Waals surface area contributed by atoms with Gasteiger partial charge in [0, 0.05) is 13.0 Å². The van der Waals surface area contributed by atoms with Gasteiger partial charge in [0.2, 0.25) is 13.9 Å².